The molecule has 2 rings (SSSR count). The molecule has 1 aromatic rings. The van der Waals surface area contributed by atoms with Crippen LogP contribution in [0.1, 0.15) is 38.5 Å². The summed E-state index contributed by atoms with van der Waals surface area (Å²) in [7, 11) is 0. The van der Waals surface area contributed by atoms with E-state index in [0.29, 0.717) is 13.2 Å². The van der Waals surface area contributed by atoms with Gasteiger partial charge in [0.15, 0.2) is 0 Å². The van der Waals surface area contributed by atoms with Gasteiger partial charge in [0, 0.05) is 6.04 Å². The molecule has 1 aromatic heterocycles. The van der Waals surface area contributed by atoms with Crippen LogP contribution >= 0.6 is 0 Å². The third-order valence-electron chi connectivity index (χ3n) is 3.93. The Balaban J connectivity index is 2.22. The first-order valence-electron chi connectivity index (χ1n) is 7.28. The fourth-order valence-corrected chi connectivity index (χ4v) is 3.00. The number of hydrogen-bond donors (Lipinski definition) is 1. The summed E-state index contributed by atoms with van der Waals surface area (Å²) in [4.78, 5) is 13.6. The fraction of sp³-hybridized carbons (Fsp3) is 0.667. The second-order valence-corrected chi connectivity index (χ2v) is 5.23. The average Bonchev–Trinajstić information content (AvgIpc) is 3.09. The summed E-state index contributed by atoms with van der Waals surface area (Å²) in [5, 5.41) is 9.36. The number of nitrogens with zero attached hydrogens (tertiary/aromatic N) is 1. The van der Waals surface area contributed by atoms with E-state index in [1.165, 1.54) is 0 Å². The molecule has 1 aliphatic rings. The van der Waals surface area contributed by atoms with Gasteiger partial charge < -0.3 is 14.3 Å². The first-order valence-corrected chi connectivity index (χ1v) is 7.28. The van der Waals surface area contributed by atoms with Crippen LogP contribution in [0.2, 0.25) is 0 Å². The zero-order valence-corrected chi connectivity index (χ0v) is 12.1. The molecule has 0 spiro atoms. The first kappa shape index (κ1) is 15.1. The van der Waals surface area contributed by atoms with Crippen molar-refractivity contribution in [1.29, 1.82) is 0 Å². The molecular weight excluding hydrogens is 258 g/mol. The molecule has 0 bridgehead atoms. The normalized spacial score (nSPS) is 24.1. The van der Waals surface area contributed by atoms with Crippen molar-refractivity contribution in [2.75, 3.05) is 19.8 Å². The largest absolute Gasteiger partial charge is 0.481 e. The maximum atomic E-state index is 11.4. The molecule has 1 saturated heterocycles. The van der Waals surface area contributed by atoms with Crippen molar-refractivity contribution >= 4 is 5.97 Å². The predicted octanol–water partition coefficient (Wildman–Crippen LogP) is 2.54. The summed E-state index contributed by atoms with van der Waals surface area (Å²) in [5.74, 6) is -0.328. The van der Waals surface area contributed by atoms with Gasteiger partial charge in [-0.1, -0.05) is 13.8 Å². The third kappa shape index (κ3) is 3.04. The number of ether oxygens (including phenoxy) is 1. The highest BCUT2D eigenvalue weighted by atomic mass is 16.5. The molecule has 5 heteroatoms. The zero-order valence-electron chi connectivity index (χ0n) is 12.1. The van der Waals surface area contributed by atoms with E-state index >= 15 is 0 Å². The number of carboxylic acids is 1. The van der Waals surface area contributed by atoms with Crippen molar-refractivity contribution in [3.63, 3.8) is 0 Å². The van der Waals surface area contributed by atoms with Gasteiger partial charge in [0.1, 0.15) is 5.76 Å². The standard InChI is InChI=1S/C15H23NO4/c1-3-7-16(12(4-2)14-6-5-8-20-14)13-10-19-9-11(13)15(17)18/h5-6,8,11-13H,3-4,7,9-10H2,1-2H3,(H,17,18). The van der Waals surface area contributed by atoms with Gasteiger partial charge in [-0.15, -0.1) is 0 Å². The number of aliphatic carboxylic acids is 1. The van der Waals surface area contributed by atoms with Gasteiger partial charge in [-0.25, -0.2) is 0 Å². The van der Waals surface area contributed by atoms with Crippen molar-refractivity contribution < 1.29 is 19.1 Å². The molecule has 0 aromatic carbocycles. The van der Waals surface area contributed by atoms with Crippen molar-refractivity contribution in [3.8, 4) is 0 Å². The summed E-state index contributed by atoms with van der Waals surface area (Å²) in [6, 6.07) is 3.87. The van der Waals surface area contributed by atoms with Crippen molar-refractivity contribution in [3.05, 3.63) is 24.2 Å². The molecule has 0 aliphatic carbocycles. The van der Waals surface area contributed by atoms with Crippen LogP contribution in [0.5, 0.6) is 0 Å². The van der Waals surface area contributed by atoms with Crippen LogP contribution in [0.3, 0.4) is 0 Å². The van der Waals surface area contributed by atoms with E-state index in [9.17, 15) is 9.90 Å². The molecule has 5 nitrogen and oxygen atoms in total. The smallest absolute Gasteiger partial charge is 0.310 e. The lowest BCUT2D eigenvalue weighted by Crippen LogP contribution is -2.45. The molecule has 0 radical (unpaired) electrons. The molecule has 3 unspecified atom stereocenters. The Morgan fingerprint density at radius 3 is 2.85 bits per heavy atom. The van der Waals surface area contributed by atoms with E-state index in [-0.39, 0.29) is 12.1 Å². The maximum absolute atomic E-state index is 11.4. The molecule has 3 atom stereocenters. The van der Waals surface area contributed by atoms with Gasteiger partial charge in [0.2, 0.25) is 0 Å². The zero-order chi connectivity index (χ0) is 14.5. The van der Waals surface area contributed by atoms with Gasteiger partial charge in [-0.3, -0.25) is 9.69 Å². The second kappa shape index (κ2) is 6.90. The SMILES string of the molecule is CCCN(C(CC)c1ccco1)C1COCC1C(=O)O. The van der Waals surface area contributed by atoms with Crippen molar-refractivity contribution in [1.82, 2.24) is 4.90 Å². The van der Waals surface area contributed by atoms with Crippen LogP contribution in [0.25, 0.3) is 0 Å². The summed E-state index contributed by atoms with van der Waals surface area (Å²) in [6.07, 6.45) is 3.53. The minimum absolute atomic E-state index is 0.0810. The summed E-state index contributed by atoms with van der Waals surface area (Å²) in [6.45, 7) is 5.83. The molecule has 2 heterocycles. The Labute approximate surface area is 119 Å². The predicted molar refractivity (Wildman–Crippen MR) is 74.5 cm³/mol. The lowest BCUT2D eigenvalue weighted by Gasteiger charge is -2.35. The van der Waals surface area contributed by atoms with Gasteiger partial charge in [0.25, 0.3) is 0 Å². The van der Waals surface area contributed by atoms with Crippen molar-refractivity contribution in [2.45, 2.75) is 38.8 Å². The summed E-state index contributed by atoms with van der Waals surface area (Å²) in [5.41, 5.74) is 0. The van der Waals surface area contributed by atoms with E-state index in [2.05, 4.69) is 18.7 Å². The molecule has 112 valence electrons. The van der Waals surface area contributed by atoms with Crippen molar-refractivity contribution in [2.24, 2.45) is 5.92 Å². The number of carboxylic acid groups (broad SMARTS) is 1. The van der Waals surface area contributed by atoms with E-state index in [0.717, 1.165) is 25.1 Å². The molecule has 1 fully saturated rings. The number of hydrogen-bond acceptors (Lipinski definition) is 4. The minimum atomic E-state index is -0.775. The van der Waals surface area contributed by atoms with Crippen LogP contribution in [-0.2, 0) is 9.53 Å². The van der Waals surface area contributed by atoms with Gasteiger partial charge >= 0.3 is 5.97 Å². The Bertz CT molecular complexity index is 418. The number of furan rings is 1. The Morgan fingerprint density at radius 2 is 2.30 bits per heavy atom. The number of rotatable bonds is 7. The first-order chi connectivity index (χ1) is 9.69. The molecular formula is C15H23NO4. The summed E-state index contributed by atoms with van der Waals surface area (Å²) < 4.78 is 11.0. The Kier molecular flexibility index (Phi) is 5.20. The molecule has 20 heavy (non-hydrogen) atoms. The lowest BCUT2D eigenvalue weighted by atomic mass is 9.98. The lowest BCUT2D eigenvalue weighted by molar-refractivity contribution is -0.143. The summed E-state index contributed by atoms with van der Waals surface area (Å²) >= 11 is 0. The van der Waals surface area contributed by atoms with E-state index < -0.39 is 11.9 Å². The average molecular weight is 281 g/mol. The minimum Gasteiger partial charge on any atom is -0.481 e. The van der Waals surface area contributed by atoms with Crippen LogP contribution in [-0.4, -0.2) is 41.8 Å². The van der Waals surface area contributed by atoms with E-state index in [1.807, 2.05) is 12.1 Å². The highest BCUT2D eigenvalue weighted by Gasteiger charge is 2.40. The highest BCUT2D eigenvalue weighted by Crippen LogP contribution is 2.31. The quantitative estimate of drug-likeness (QED) is 0.832. The molecule has 0 saturated carbocycles. The van der Waals surface area contributed by atoms with E-state index in [1.54, 1.807) is 6.26 Å². The monoisotopic (exact) mass is 281 g/mol. The van der Waals surface area contributed by atoms with Gasteiger partial charge in [0.05, 0.1) is 31.4 Å². The van der Waals surface area contributed by atoms with Crippen LogP contribution in [0.15, 0.2) is 22.8 Å². The van der Waals surface area contributed by atoms with Gasteiger partial charge in [-0.2, -0.15) is 0 Å². The van der Waals surface area contributed by atoms with Crippen LogP contribution in [0, 0.1) is 5.92 Å². The Hall–Kier alpha value is -1.33. The molecule has 1 N–H and O–H groups in total. The van der Waals surface area contributed by atoms with Gasteiger partial charge in [-0.05, 0) is 31.5 Å². The molecule has 0 amide bonds. The number of carbonyl (C=O) groups is 1. The van der Waals surface area contributed by atoms with Crippen LogP contribution in [0.4, 0.5) is 0 Å². The highest BCUT2D eigenvalue weighted by molar-refractivity contribution is 5.71. The molecule has 1 aliphatic heterocycles. The Morgan fingerprint density at radius 1 is 1.50 bits per heavy atom. The van der Waals surface area contributed by atoms with Crippen LogP contribution < -0.4 is 0 Å². The van der Waals surface area contributed by atoms with E-state index in [4.69, 9.17) is 9.15 Å². The topological polar surface area (TPSA) is 62.9 Å². The fourth-order valence-electron chi connectivity index (χ4n) is 3.00. The maximum Gasteiger partial charge on any atom is 0.310 e. The second-order valence-electron chi connectivity index (χ2n) is 5.23. The third-order valence-corrected chi connectivity index (χ3v) is 3.93.